The molecule has 0 saturated heterocycles. The standard InChI is InChI=1S/C19H25NO2/c1-14(2)22-18-11-6-5-10-17(18)20-12-13-21-19-15(3)8-7-9-16(19)4/h5-11,14,20H,12-13H2,1-4H3. The van der Waals surface area contributed by atoms with Crippen LogP contribution in [-0.4, -0.2) is 19.3 Å². The number of nitrogens with one attached hydrogen (secondary N) is 1. The van der Waals surface area contributed by atoms with Crippen molar-refractivity contribution in [2.24, 2.45) is 0 Å². The van der Waals surface area contributed by atoms with Crippen molar-refractivity contribution in [1.82, 2.24) is 0 Å². The van der Waals surface area contributed by atoms with E-state index in [-0.39, 0.29) is 6.10 Å². The van der Waals surface area contributed by atoms with Gasteiger partial charge in [-0.05, 0) is 51.0 Å². The van der Waals surface area contributed by atoms with Crippen molar-refractivity contribution in [3.63, 3.8) is 0 Å². The summed E-state index contributed by atoms with van der Waals surface area (Å²) in [5.41, 5.74) is 3.34. The van der Waals surface area contributed by atoms with E-state index in [0.717, 1.165) is 23.7 Å². The second-order valence-corrected chi connectivity index (χ2v) is 5.66. The Morgan fingerprint density at radius 2 is 1.64 bits per heavy atom. The van der Waals surface area contributed by atoms with Crippen LogP contribution >= 0.6 is 0 Å². The van der Waals surface area contributed by atoms with Gasteiger partial charge in [0, 0.05) is 6.54 Å². The van der Waals surface area contributed by atoms with Crippen LogP contribution in [0.25, 0.3) is 0 Å². The Morgan fingerprint density at radius 3 is 2.32 bits per heavy atom. The van der Waals surface area contributed by atoms with E-state index >= 15 is 0 Å². The van der Waals surface area contributed by atoms with Crippen LogP contribution in [0.15, 0.2) is 42.5 Å². The monoisotopic (exact) mass is 299 g/mol. The molecule has 0 heterocycles. The van der Waals surface area contributed by atoms with Crippen molar-refractivity contribution < 1.29 is 9.47 Å². The Bertz CT molecular complexity index is 588. The van der Waals surface area contributed by atoms with Gasteiger partial charge in [0.15, 0.2) is 0 Å². The lowest BCUT2D eigenvalue weighted by atomic mass is 10.1. The Kier molecular flexibility index (Phi) is 5.70. The smallest absolute Gasteiger partial charge is 0.142 e. The maximum atomic E-state index is 5.91. The third kappa shape index (κ3) is 4.42. The molecule has 1 N–H and O–H groups in total. The van der Waals surface area contributed by atoms with Gasteiger partial charge < -0.3 is 14.8 Å². The van der Waals surface area contributed by atoms with E-state index in [1.165, 1.54) is 11.1 Å². The van der Waals surface area contributed by atoms with Gasteiger partial charge in [-0.15, -0.1) is 0 Å². The number of hydrogen-bond acceptors (Lipinski definition) is 3. The van der Waals surface area contributed by atoms with Gasteiger partial charge in [0.25, 0.3) is 0 Å². The number of rotatable bonds is 7. The van der Waals surface area contributed by atoms with Gasteiger partial charge in [0.2, 0.25) is 0 Å². The number of aryl methyl sites for hydroxylation is 2. The molecule has 3 nitrogen and oxygen atoms in total. The van der Waals surface area contributed by atoms with Crippen molar-refractivity contribution >= 4 is 5.69 Å². The van der Waals surface area contributed by atoms with Crippen LogP contribution in [0.1, 0.15) is 25.0 Å². The van der Waals surface area contributed by atoms with Crippen LogP contribution in [-0.2, 0) is 0 Å². The van der Waals surface area contributed by atoms with Crippen LogP contribution in [0, 0.1) is 13.8 Å². The first-order valence-corrected chi connectivity index (χ1v) is 7.76. The first-order valence-electron chi connectivity index (χ1n) is 7.76. The quantitative estimate of drug-likeness (QED) is 0.759. The second-order valence-electron chi connectivity index (χ2n) is 5.66. The molecule has 0 bridgehead atoms. The van der Waals surface area contributed by atoms with Gasteiger partial charge in [-0.1, -0.05) is 30.3 Å². The highest BCUT2D eigenvalue weighted by Gasteiger charge is 2.05. The molecule has 0 saturated carbocycles. The van der Waals surface area contributed by atoms with E-state index in [9.17, 15) is 0 Å². The lowest BCUT2D eigenvalue weighted by Crippen LogP contribution is -2.14. The largest absolute Gasteiger partial charge is 0.491 e. The number of para-hydroxylation sites is 3. The minimum absolute atomic E-state index is 0.161. The zero-order valence-corrected chi connectivity index (χ0v) is 13.8. The van der Waals surface area contributed by atoms with Gasteiger partial charge in [-0.3, -0.25) is 0 Å². The van der Waals surface area contributed by atoms with Crippen LogP contribution < -0.4 is 14.8 Å². The van der Waals surface area contributed by atoms with E-state index in [2.05, 4.69) is 37.4 Å². The van der Waals surface area contributed by atoms with Crippen molar-refractivity contribution in [2.45, 2.75) is 33.8 Å². The molecular formula is C19H25NO2. The Balaban J connectivity index is 1.89. The maximum Gasteiger partial charge on any atom is 0.142 e. The zero-order chi connectivity index (χ0) is 15.9. The predicted molar refractivity (Wildman–Crippen MR) is 92.1 cm³/mol. The summed E-state index contributed by atoms with van der Waals surface area (Å²) in [6.45, 7) is 9.54. The SMILES string of the molecule is Cc1cccc(C)c1OCCNc1ccccc1OC(C)C. The minimum Gasteiger partial charge on any atom is -0.491 e. The van der Waals surface area contributed by atoms with Crippen molar-refractivity contribution in [1.29, 1.82) is 0 Å². The number of hydrogen-bond donors (Lipinski definition) is 1. The molecule has 0 fully saturated rings. The zero-order valence-electron chi connectivity index (χ0n) is 13.8. The third-order valence-electron chi connectivity index (χ3n) is 3.32. The fourth-order valence-electron chi connectivity index (χ4n) is 2.34. The first-order chi connectivity index (χ1) is 10.6. The topological polar surface area (TPSA) is 30.5 Å². The Morgan fingerprint density at radius 1 is 0.955 bits per heavy atom. The molecule has 0 atom stereocenters. The Hall–Kier alpha value is -2.16. The normalized spacial score (nSPS) is 10.6. The summed E-state index contributed by atoms with van der Waals surface area (Å²) in [6, 6.07) is 14.2. The molecule has 0 aromatic heterocycles. The van der Waals surface area contributed by atoms with Crippen molar-refractivity contribution in [3.05, 3.63) is 53.6 Å². The third-order valence-corrected chi connectivity index (χ3v) is 3.32. The summed E-state index contributed by atoms with van der Waals surface area (Å²) < 4.78 is 11.7. The van der Waals surface area contributed by atoms with Gasteiger partial charge in [-0.25, -0.2) is 0 Å². The van der Waals surface area contributed by atoms with Crippen LogP contribution in [0.2, 0.25) is 0 Å². The number of anilines is 1. The highest BCUT2D eigenvalue weighted by Crippen LogP contribution is 2.25. The average molecular weight is 299 g/mol. The molecular weight excluding hydrogens is 274 g/mol. The van der Waals surface area contributed by atoms with Crippen LogP contribution in [0.4, 0.5) is 5.69 Å². The lowest BCUT2D eigenvalue weighted by Gasteiger charge is -2.16. The first kappa shape index (κ1) is 16.2. The fourth-order valence-corrected chi connectivity index (χ4v) is 2.34. The number of ether oxygens (including phenoxy) is 2. The van der Waals surface area contributed by atoms with Gasteiger partial charge >= 0.3 is 0 Å². The summed E-state index contributed by atoms with van der Waals surface area (Å²) in [5.74, 6) is 1.86. The Labute approximate surface area is 133 Å². The molecule has 0 unspecified atom stereocenters. The molecule has 0 aliphatic carbocycles. The molecule has 2 aromatic rings. The molecule has 0 aliphatic heterocycles. The molecule has 0 amide bonds. The van der Waals surface area contributed by atoms with E-state index in [0.29, 0.717) is 6.61 Å². The molecule has 118 valence electrons. The van der Waals surface area contributed by atoms with E-state index in [1.807, 2.05) is 38.1 Å². The summed E-state index contributed by atoms with van der Waals surface area (Å²) in [7, 11) is 0. The molecule has 2 rings (SSSR count). The minimum atomic E-state index is 0.161. The molecule has 0 aliphatic rings. The van der Waals surface area contributed by atoms with Gasteiger partial charge in [0.05, 0.1) is 11.8 Å². The lowest BCUT2D eigenvalue weighted by molar-refractivity contribution is 0.243. The predicted octanol–water partition coefficient (Wildman–Crippen LogP) is 4.58. The summed E-state index contributed by atoms with van der Waals surface area (Å²) in [6.07, 6.45) is 0.161. The average Bonchev–Trinajstić information content (AvgIpc) is 2.47. The number of benzene rings is 2. The van der Waals surface area contributed by atoms with Crippen LogP contribution in [0.3, 0.4) is 0 Å². The fraction of sp³-hybridized carbons (Fsp3) is 0.368. The van der Waals surface area contributed by atoms with Gasteiger partial charge in [0.1, 0.15) is 18.1 Å². The van der Waals surface area contributed by atoms with E-state index in [4.69, 9.17) is 9.47 Å². The van der Waals surface area contributed by atoms with E-state index in [1.54, 1.807) is 0 Å². The highest BCUT2D eigenvalue weighted by atomic mass is 16.5. The summed E-state index contributed by atoms with van der Waals surface area (Å²) >= 11 is 0. The van der Waals surface area contributed by atoms with Crippen molar-refractivity contribution in [3.8, 4) is 11.5 Å². The molecule has 0 spiro atoms. The van der Waals surface area contributed by atoms with E-state index < -0.39 is 0 Å². The molecule has 3 heteroatoms. The molecule has 0 radical (unpaired) electrons. The van der Waals surface area contributed by atoms with Gasteiger partial charge in [-0.2, -0.15) is 0 Å². The molecule has 2 aromatic carbocycles. The summed E-state index contributed by atoms with van der Waals surface area (Å²) in [4.78, 5) is 0. The van der Waals surface area contributed by atoms with Crippen molar-refractivity contribution in [2.75, 3.05) is 18.5 Å². The summed E-state index contributed by atoms with van der Waals surface area (Å²) in [5, 5.41) is 3.38. The maximum absolute atomic E-state index is 5.91. The molecule has 22 heavy (non-hydrogen) atoms. The van der Waals surface area contributed by atoms with Crippen LogP contribution in [0.5, 0.6) is 11.5 Å². The second kappa shape index (κ2) is 7.74. The highest BCUT2D eigenvalue weighted by molar-refractivity contribution is 5.56.